The van der Waals surface area contributed by atoms with Gasteiger partial charge in [-0.15, -0.1) is 0 Å². The van der Waals surface area contributed by atoms with E-state index in [4.69, 9.17) is 11.5 Å². The number of rotatable bonds is 8. The van der Waals surface area contributed by atoms with Gasteiger partial charge < -0.3 is 16.0 Å². The van der Waals surface area contributed by atoms with Crippen LogP contribution in [0.2, 0.25) is 0 Å². The van der Waals surface area contributed by atoms with E-state index in [-0.39, 0.29) is 0 Å². The van der Waals surface area contributed by atoms with E-state index in [0.717, 1.165) is 40.0 Å². The third kappa shape index (κ3) is 5.44. The lowest BCUT2D eigenvalue weighted by Gasteiger charge is -2.34. The van der Waals surface area contributed by atoms with Gasteiger partial charge in [0.1, 0.15) is 11.6 Å². The minimum atomic E-state index is -0.463. The van der Waals surface area contributed by atoms with Gasteiger partial charge in [0.2, 0.25) is 0 Å². The van der Waals surface area contributed by atoms with E-state index in [1.807, 2.05) is 42.7 Å². The standard InChI is InChI=1S/C55H46N4/c1-4-15-45-46(16-5-2)54(57)59(53(45)56)42-30-26-38(27-31-42)37-24-28-41(29-25-37)58-51-22-14-13-21-44(51)48-34-50-47(35-52(48)58)43-32-23-36(6-3)33-49(43)55(50,39-17-9-7-10-18-39)40-19-11-8-12-20-40/h4-5,7-35H,6,56-57H2,1-3H3/b15-4-,16-5-. The Kier molecular flexibility index (Phi) is 8.72. The van der Waals surface area contributed by atoms with Crippen molar-refractivity contribution in [2.24, 2.45) is 0 Å². The van der Waals surface area contributed by atoms with Gasteiger partial charge in [-0.2, -0.15) is 0 Å². The summed E-state index contributed by atoms with van der Waals surface area (Å²) in [5.41, 5.74) is 30.6. The average molecular weight is 763 g/mol. The molecule has 286 valence electrons. The van der Waals surface area contributed by atoms with Gasteiger partial charge >= 0.3 is 0 Å². The number of hydrogen-bond acceptors (Lipinski definition) is 2. The molecular weight excluding hydrogens is 717 g/mol. The monoisotopic (exact) mass is 762 g/mol. The number of benzene rings is 7. The van der Waals surface area contributed by atoms with Gasteiger partial charge in [-0.1, -0.05) is 153 Å². The maximum absolute atomic E-state index is 6.67. The van der Waals surface area contributed by atoms with Crippen LogP contribution in [0.5, 0.6) is 0 Å². The van der Waals surface area contributed by atoms with Gasteiger partial charge in [0.15, 0.2) is 0 Å². The zero-order valence-electron chi connectivity index (χ0n) is 33.7. The van der Waals surface area contributed by atoms with Crippen molar-refractivity contribution in [3.63, 3.8) is 0 Å². The number of fused-ring (bicyclic) bond motifs is 6. The van der Waals surface area contributed by atoms with Crippen LogP contribution in [0.1, 0.15) is 59.7 Å². The highest BCUT2D eigenvalue weighted by molar-refractivity contribution is 6.12. The third-order valence-corrected chi connectivity index (χ3v) is 12.4. The smallest absolute Gasteiger partial charge is 0.117 e. The maximum atomic E-state index is 6.67. The van der Waals surface area contributed by atoms with Crippen molar-refractivity contribution in [2.75, 3.05) is 11.5 Å². The Morgan fingerprint density at radius 3 is 1.58 bits per heavy atom. The molecule has 1 aliphatic rings. The molecule has 0 saturated heterocycles. The molecule has 9 aromatic rings. The Hall–Kier alpha value is -7.30. The molecule has 0 fully saturated rings. The lowest BCUT2D eigenvalue weighted by atomic mass is 9.67. The topological polar surface area (TPSA) is 61.9 Å². The molecule has 0 spiro atoms. The van der Waals surface area contributed by atoms with Crippen LogP contribution in [0.4, 0.5) is 11.6 Å². The number of anilines is 2. The Balaban J connectivity index is 1.12. The number of nitrogens with two attached hydrogens (primary N) is 2. The molecule has 0 radical (unpaired) electrons. The second-order valence-electron chi connectivity index (χ2n) is 15.5. The molecule has 0 bridgehead atoms. The molecular formula is C55H46N4. The van der Waals surface area contributed by atoms with Gasteiger partial charge in [0.05, 0.1) is 16.4 Å². The van der Waals surface area contributed by atoms with E-state index in [1.165, 1.54) is 60.8 Å². The van der Waals surface area contributed by atoms with Gasteiger partial charge in [-0.3, -0.25) is 4.57 Å². The molecule has 2 heterocycles. The minimum absolute atomic E-state index is 0.463. The van der Waals surface area contributed by atoms with Crippen LogP contribution in [0, 0.1) is 0 Å². The van der Waals surface area contributed by atoms with Crippen molar-refractivity contribution < 1.29 is 0 Å². The number of aryl methyl sites for hydroxylation is 1. The predicted octanol–water partition coefficient (Wildman–Crippen LogP) is 13.4. The summed E-state index contributed by atoms with van der Waals surface area (Å²) in [5, 5.41) is 2.49. The molecule has 0 unspecified atom stereocenters. The van der Waals surface area contributed by atoms with Crippen LogP contribution in [-0.4, -0.2) is 9.13 Å². The largest absolute Gasteiger partial charge is 0.384 e. The molecule has 4 N–H and O–H groups in total. The summed E-state index contributed by atoms with van der Waals surface area (Å²) < 4.78 is 4.37. The number of para-hydroxylation sites is 1. The molecule has 0 saturated carbocycles. The third-order valence-electron chi connectivity index (χ3n) is 12.4. The summed E-state index contributed by atoms with van der Waals surface area (Å²) in [6.45, 7) is 6.23. The Bertz CT molecular complexity index is 3010. The predicted molar refractivity (Wildman–Crippen MR) is 250 cm³/mol. The lowest BCUT2D eigenvalue weighted by Crippen LogP contribution is -2.28. The van der Waals surface area contributed by atoms with E-state index < -0.39 is 5.41 Å². The van der Waals surface area contributed by atoms with Gasteiger partial charge in [-0.25, -0.2) is 0 Å². The average Bonchev–Trinajstić information content (AvgIpc) is 3.85. The van der Waals surface area contributed by atoms with Crippen molar-refractivity contribution in [3.05, 3.63) is 215 Å². The lowest BCUT2D eigenvalue weighted by molar-refractivity contribution is 0.767. The van der Waals surface area contributed by atoms with E-state index in [0.29, 0.717) is 11.6 Å². The summed E-state index contributed by atoms with van der Waals surface area (Å²) in [7, 11) is 0. The normalized spacial score (nSPS) is 13.2. The van der Waals surface area contributed by atoms with Gasteiger partial charge in [-0.05, 0) is 113 Å². The number of allylic oxidation sites excluding steroid dienone is 2. The van der Waals surface area contributed by atoms with Gasteiger partial charge in [0, 0.05) is 33.3 Å². The summed E-state index contributed by atoms with van der Waals surface area (Å²) in [4.78, 5) is 0. The molecule has 7 aromatic carbocycles. The van der Waals surface area contributed by atoms with Crippen LogP contribution in [0.3, 0.4) is 0 Å². The second-order valence-corrected chi connectivity index (χ2v) is 15.5. The zero-order valence-corrected chi connectivity index (χ0v) is 33.7. The first kappa shape index (κ1) is 36.1. The van der Waals surface area contributed by atoms with Crippen LogP contribution >= 0.6 is 0 Å². The highest BCUT2D eigenvalue weighted by atomic mass is 15.1. The first-order valence-corrected chi connectivity index (χ1v) is 20.6. The number of nitrogen functional groups attached to an aromatic ring is 2. The Morgan fingerprint density at radius 2 is 1.02 bits per heavy atom. The summed E-state index contributed by atoms with van der Waals surface area (Å²) >= 11 is 0. The van der Waals surface area contributed by atoms with E-state index in [2.05, 4.69) is 175 Å². The van der Waals surface area contributed by atoms with Crippen molar-refractivity contribution in [1.29, 1.82) is 0 Å². The molecule has 0 amide bonds. The Labute approximate surface area is 346 Å². The van der Waals surface area contributed by atoms with Crippen LogP contribution < -0.4 is 11.5 Å². The fourth-order valence-corrected chi connectivity index (χ4v) is 9.71. The highest BCUT2D eigenvalue weighted by Gasteiger charge is 2.46. The first-order valence-electron chi connectivity index (χ1n) is 20.6. The molecule has 2 aromatic heterocycles. The zero-order chi connectivity index (χ0) is 40.3. The second kappa shape index (κ2) is 14.3. The molecule has 10 rings (SSSR count). The van der Waals surface area contributed by atoms with Crippen molar-refractivity contribution in [2.45, 2.75) is 32.6 Å². The van der Waals surface area contributed by atoms with E-state index in [9.17, 15) is 0 Å². The minimum Gasteiger partial charge on any atom is -0.384 e. The van der Waals surface area contributed by atoms with Crippen LogP contribution in [0.25, 0.3) is 67.6 Å². The Morgan fingerprint density at radius 1 is 0.492 bits per heavy atom. The van der Waals surface area contributed by atoms with Crippen LogP contribution in [-0.2, 0) is 11.8 Å². The molecule has 0 atom stereocenters. The van der Waals surface area contributed by atoms with Gasteiger partial charge in [0.25, 0.3) is 0 Å². The molecule has 1 aliphatic carbocycles. The number of aromatic nitrogens is 2. The number of hydrogen-bond donors (Lipinski definition) is 2. The van der Waals surface area contributed by atoms with E-state index >= 15 is 0 Å². The van der Waals surface area contributed by atoms with Crippen molar-refractivity contribution in [3.8, 4) is 33.6 Å². The quantitative estimate of drug-likeness (QED) is 0.162. The van der Waals surface area contributed by atoms with Crippen molar-refractivity contribution >= 4 is 45.6 Å². The highest BCUT2D eigenvalue weighted by Crippen LogP contribution is 2.57. The summed E-state index contributed by atoms with van der Waals surface area (Å²) in [6, 6.07) is 60.5. The summed E-state index contributed by atoms with van der Waals surface area (Å²) in [6.07, 6.45) is 8.99. The SMILES string of the molecule is C/C=C\c1c(/C=C\C)c(N)n(-c2ccc(-c3ccc(-n4c5ccccc5c5cc6c(cc54)-c4ccc(CC)cc4C6(c4ccccc4)c4ccccc4)cc3)cc2)c1N. The molecule has 4 nitrogen and oxygen atoms in total. The first-order chi connectivity index (χ1) is 29.0. The fraction of sp³-hybridized carbons (Fsp3) is 0.0909. The van der Waals surface area contributed by atoms with Crippen molar-refractivity contribution in [1.82, 2.24) is 9.13 Å². The van der Waals surface area contributed by atoms with E-state index in [1.54, 1.807) is 0 Å². The molecule has 59 heavy (non-hydrogen) atoms. The van der Waals surface area contributed by atoms with Crippen LogP contribution in [0.15, 0.2) is 176 Å². The number of nitrogens with zero attached hydrogens (tertiary/aromatic N) is 2. The fourth-order valence-electron chi connectivity index (χ4n) is 9.71. The summed E-state index contributed by atoms with van der Waals surface area (Å²) in [5.74, 6) is 1.25. The molecule has 4 heteroatoms. The molecule has 0 aliphatic heterocycles. The maximum Gasteiger partial charge on any atom is 0.117 e.